The van der Waals surface area contributed by atoms with Crippen LogP contribution < -0.4 is 10.5 Å². The van der Waals surface area contributed by atoms with Gasteiger partial charge in [-0.05, 0) is 31.0 Å². The molecule has 1 aromatic carbocycles. The van der Waals surface area contributed by atoms with Gasteiger partial charge in [-0.25, -0.2) is 0 Å². The minimum absolute atomic E-state index is 0.222. The Morgan fingerprint density at radius 2 is 1.88 bits per heavy atom. The van der Waals surface area contributed by atoms with E-state index in [0.717, 1.165) is 17.7 Å². The van der Waals surface area contributed by atoms with Crippen molar-refractivity contribution < 1.29 is 9.47 Å². The van der Waals surface area contributed by atoms with Crippen molar-refractivity contribution in [3.05, 3.63) is 29.8 Å². The van der Waals surface area contributed by atoms with Crippen LogP contribution in [0.3, 0.4) is 0 Å². The highest BCUT2D eigenvalue weighted by molar-refractivity contribution is 5.26. The lowest BCUT2D eigenvalue weighted by molar-refractivity contribution is -0.0387. The van der Waals surface area contributed by atoms with Gasteiger partial charge in [0.1, 0.15) is 5.75 Å². The second-order valence-electron chi connectivity index (χ2n) is 4.14. The number of benzene rings is 1. The lowest BCUT2D eigenvalue weighted by Gasteiger charge is -2.26. The fourth-order valence-corrected chi connectivity index (χ4v) is 1.28. The Morgan fingerprint density at radius 3 is 2.31 bits per heavy atom. The van der Waals surface area contributed by atoms with E-state index in [2.05, 4.69) is 6.92 Å². The number of nitrogens with two attached hydrogens (primary N) is 1. The lowest BCUT2D eigenvalue weighted by Crippen LogP contribution is -2.36. The van der Waals surface area contributed by atoms with Crippen LogP contribution in [0.15, 0.2) is 24.3 Å². The van der Waals surface area contributed by atoms with E-state index >= 15 is 0 Å². The molecule has 90 valence electrons. The van der Waals surface area contributed by atoms with E-state index in [4.69, 9.17) is 15.2 Å². The molecule has 0 radical (unpaired) electrons. The van der Waals surface area contributed by atoms with Crippen LogP contribution in [0.1, 0.15) is 25.8 Å². The van der Waals surface area contributed by atoms with Crippen LogP contribution in [0.5, 0.6) is 5.75 Å². The molecule has 2 N–H and O–H groups in total. The Labute approximate surface area is 97.6 Å². The van der Waals surface area contributed by atoms with Crippen molar-refractivity contribution in [1.82, 2.24) is 0 Å². The third-order valence-electron chi connectivity index (χ3n) is 2.93. The highest BCUT2D eigenvalue weighted by Crippen LogP contribution is 2.17. The molecule has 1 aromatic rings. The van der Waals surface area contributed by atoms with E-state index in [0.29, 0.717) is 13.2 Å². The summed E-state index contributed by atoms with van der Waals surface area (Å²) in [6.07, 6.45) is 0.916. The molecule has 0 aromatic heterocycles. The second-order valence-corrected chi connectivity index (χ2v) is 4.14. The van der Waals surface area contributed by atoms with Gasteiger partial charge in [0.25, 0.3) is 0 Å². The average Bonchev–Trinajstić information content (AvgIpc) is 2.36. The molecule has 0 spiro atoms. The van der Waals surface area contributed by atoms with Crippen LogP contribution in [-0.4, -0.2) is 19.3 Å². The van der Waals surface area contributed by atoms with Gasteiger partial charge in [-0.2, -0.15) is 0 Å². The molecule has 1 unspecified atom stereocenters. The summed E-state index contributed by atoms with van der Waals surface area (Å²) in [6.45, 7) is 5.25. The first-order chi connectivity index (χ1) is 7.63. The normalized spacial score (nSPS) is 14.5. The Morgan fingerprint density at radius 1 is 1.25 bits per heavy atom. The van der Waals surface area contributed by atoms with Gasteiger partial charge in [-0.1, -0.05) is 19.1 Å². The first-order valence-corrected chi connectivity index (χ1v) is 5.60. The molecule has 0 aliphatic heterocycles. The van der Waals surface area contributed by atoms with Crippen LogP contribution in [0, 0.1) is 0 Å². The van der Waals surface area contributed by atoms with Crippen molar-refractivity contribution in [3.63, 3.8) is 0 Å². The summed E-state index contributed by atoms with van der Waals surface area (Å²) in [5, 5.41) is 0. The quantitative estimate of drug-likeness (QED) is 0.805. The smallest absolute Gasteiger partial charge is 0.118 e. The summed E-state index contributed by atoms with van der Waals surface area (Å²) in [6, 6.07) is 7.88. The zero-order valence-corrected chi connectivity index (χ0v) is 10.3. The maximum absolute atomic E-state index is 5.82. The number of hydrogen-bond donors (Lipinski definition) is 1. The second kappa shape index (κ2) is 5.87. The van der Waals surface area contributed by atoms with Crippen LogP contribution in [-0.2, 0) is 11.3 Å². The Hall–Kier alpha value is -1.06. The molecule has 0 amide bonds. The van der Waals surface area contributed by atoms with E-state index in [9.17, 15) is 0 Å². The molecular formula is C13H21NO2. The maximum atomic E-state index is 5.82. The van der Waals surface area contributed by atoms with Gasteiger partial charge in [-0.15, -0.1) is 0 Å². The van der Waals surface area contributed by atoms with E-state index in [1.54, 1.807) is 7.11 Å². The maximum Gasteiger partial charge on any atom is 0.118 e. The lowest BCUT2D eigenvalue weighted by atomic mass is 10.0. The first-order valence-electron chi connectivity index (χ1n) is 5.60. The van der Waals surface area contributed by atoms with Crippen LogP contribution in [0.25, 0.3) is 0 Å². The SMILES string of the molecule is CCC(C)(CN)OCc1ccc(OC)cc1. The topological polar surface area (TPSA) is 44.5 Å². The fourth-order valence-electron chi connectivity index (χ4n) is 1.28. The number of methoxy groups -OCH3 is 1. The van der Waals surface area contributed by atoms with Crippen molar-refractivity contribution in [2.24, 2.45) is 5.73 Å². The molecule has 1 atom stereocenters. The van der Waals surface area contributed by atoms with Gasteiger partial charge in [0.05, 0.1) is 19.3 Å². The number of ether oxygens (including phenoxy) is 2. The summed E-state index contributed by atoms with van der Waals surface area (Å²) in [7, 11) is 1.66. The molecule has 0 aliphatic carbocycles. The molecule has 0 fully saturated rings. The number of hydrogen-bond acceptors (Lipinski definition) is 3. The summed E-state index contributed by atoms with van der Waals surface area (Å²) >= 11 is 0. The van der Waals surface area contributed by atoms with Crippen molar-refractivity contribution in [3.8, 4) is 5.75 Å². The van der Waals surface area contributed by atoms with Crippen molar-refractivity contribution in [2.45, 2.75) is 32.5 Å². The van der Waals surface area contributed by atoms with Gasteiger partial charge >= 0.3 is 0 Å². The Kier molecular flexibility index (Phi) is 4.77. The molecule has 0 saturated heterocycles. The number of rotatable bonds is 6. The van der Waals surface area contributed by atoms with Gasteiger partial charge in [0.2, 0.25) is 0 Å². The monoisotopic (exact) mass is 223 g/mol. The predicted molar refractivity (Wildman–Crippen MR) is 65.5 cm³/mol. The average molecular weight is 223 g/mol. The minimum Gasteiger partial charge on any atom is -0.497 e. The van der Waals surface area contributed by atoms with Gasteiger partial charge in [0.15, 0.2) is 0 Å². The van der Waals surface area contributed by atoms with Gasteiger partial charge in [0, 0.05) is 6.54 Å². The predicted octanol–water partition coefficient (Wildman–Crippen LogP) is 2.34. The van der Waals surface area contributed by atoms with E-state index in [1.807, 2.05) is 31.2 Å². The molecule has 0 heterocycles. The van der Waals surface area contributed by atoms with Crippen LogP contribution in [0.2, 0.25) is 0 Å². The van der Waals surface area contributed by atoms with Gasteiger partial charge < -0.3 is 15.2 Å². The Balaban J connectivity index is 2.54. The summed E-state index contributed by atoms with van der Waals surface area (Å²) < 4.78 is 10.9. The highest BCUT2D eigenvalue weighted by atomic mass is 16.5. The van der Waals surface area contributed by atoms with E-state index < -0.39 is 0 Å². The fraction of sp³-hybridized carbons (Fsp3) is 0.538. The van der Waals surface area contributed by atoms with E-state index in [-0.39, 0.29) is 5.60 Å². The minimum atomic E-state index is -0.222. The summed E-state index contributed by atoms with van der Waals surface area (Å²) in [5.41, 5.74) is 6.59. The summed E-state index contributed by atoms with van der Waals surface area (Å²) in [5.74, 6) is 0.862. The third kappa shape index (κ3) is 3.51. The van der Waals surface area contributed by atoms with Crippen molar-refractivity contribution in [1.29, 1.82) is 0 Å². The molecule has 3 heteroatoms. The molecule has 0 aliphatic rings. The zero-order valence-electron chi connectivity index (χ0n) is 10.3. The third-order valence-corrected chi connectivity index (χ3v) is 2.93. The Bertz CT molecular complexity index is 304. The summed E-state index contributed by atoms with van der Waals surface area (Å²) in [4.78, 5) is 0. The van der Waals surface area contributed by atoms with Crippen LogP contribution in [0.4, 0.5) is 0 Å². The molecule has 1 rings (SSSR count). The standard InChI is InChI=1S/C13H21NO2/c1-4-13(2,10-14)16-9-11-5-7-12(15-3)8-6-11/h5-8H,4,9-10,14H2,1-3H3. The largest absolute Gasteiger partial charge is 0.497 e. The zero-order chi connectivity index (χ0) is 12.0. The van der Waals surface area contributed by atoms with Crippen LogP contribution >= 0.6 is 0 Å². The van der Waals surface area contributed by atoms with Gasteiger partial charge in [-0.3, -0.25) is 0 Å². The molecule has 0 saturated carbocycles. The van der Waals surface area contributed by atoms with Crippen molar-refractivity contribution in [2.75, 3.05) is 13.7 Å². The van der Waals surface area contributed by atoms with E-state index in [1.165, 1.54) is 0 Å². The van der Waals surface area contributed by atoms with Crippen molar-refractivity contribution >= 4 is 0 Å². The molecular weight excluding hydrogens is 202 g/mol. The molecule has 0 bridgehead atoms. The first kappa shape index (κ1) is 13.0. The molecule has 3 nitrogen and oxygen atoms in total. The highest BCUT2D eigenvalue weighted by Gasteiger charge is 2.20. The molecule has 16 heavy (non-hydrogen) atoms.